The molecule has 1 aliphatic rings. The number of fused-ring (bicyclic) bond motifs is 1. The van der Waals surface area contributed by atoms with Crippen LogP contribution in [0.2, 0.25) is 0 Å². The Morgan fingerprint density at radius 3 is 3.13 bits per heavy atom. The van der Waals surface area contributed by atoms with Crippen molar-refractivity contribution in [2.45, 2.75) is 16.7 Å². The Labute approximate surface area is 91.9 Å². The molecule has 1 unspecified atom stereocenters. The highest BCUT2D eigenvalue weighted by Gasteiger charge is 2.17. The van der Waals surface area contributed by atoms with Gasteiger partial charge in [0.15, 0.2) is 0 Å². The Hall–Kier alpha value is -1.33. The number of nitrogens with one attached hydrogen (secondary N) is 1. The molecule has 4 nitrogen and oxygen atoms in total. The fraction of sp³-hybridized carbons (Fsp3) is 0.200. The molecule has 3 N–H and O–H groups in total. The smallest absolute Gasteiger partial charge is 0.236 e. The summed E-state index contributed by atoms with van der Waals surface area (Å²) < 4.78 is 0. The summed E-state index contributed by atoms with van der Waals surface area (Å²) in [6, 6.07) is 7.98. The molecule has 78 valence electrons. The van der Waals surface area contributed by atoms with Crippen molar-refractivity contribution in [3.05, 3.63) is 29.8 Å². The number of benzene rings is 1. The summed E-state index contributed by atoms with van der Waals surface area (Å²) in [5, 5.41) is -0.0663. The molecule has 1 aromatic rings. The highest BCUT2D eigenvalue weighted by atomic mass is 32.2. The van der Waals surface area contributed by atoms with E-state index in [9.17, 15) is 4.79 Å². The molecule has 0 aromatic heterocycles. The average Bonchev–Trinajstić information content (AvgIpc) is 2.29. The van der Waals surface area contributed by atoms with Crippen LogP contribution in [0.5, 0.6) is 0 Å². The number of amides is 1. The number of hydrogen-bond donors (Lipinski definition) is 2. The van der Waals surface area contributed by atoms with Crippen molar-refractivity contribution in [1.82, 2.24) is 5.43 Å². The number of aliphatic imine (C=N–C) groups is 1. The van der Waals surface area contributed by atoms with E-state index in [4.69, 9.17) is 5.84 Å². The van der Waals surface area contributed by atoms with E-state index in [0.717, 1.165) is 10.5 Å². The van der Waals surface area contributed by atoms with Crippen LogP contribution in [0.4, 0.5) is 0 Å². The number of thioether (sulfide) groups is 1. The molecule has 0 radical (unpaired) electrons. The number of nitrogens with zero attached hydrogens (tertiary/aromatic N) is 1. The summed E-state index contributed by atoms with van der Waals surface area (Å²) in [6.07, 6.45) is 2.12. The predicted molar refractivity (Wildman–Crippen MR) is 60.6 cm³/mol. The van der Waals surface area contributed by atoms with Gasteiger partial charge in [0.25, 0.3) is 0 Å². The Kier molecular flexibility index (Phi) is 3.03. The molecule has 1 atom stereocenters. The van der Waals surface area contributed by atoms with Gasteiger partial charge in [-0.1, -0.05) is 30.0 Å². The van der Waals surface area contributed by atoms with Crippen LogP contribution in [0.1, 0.15) is 12.0 Å². The van der Waals surface area contributed by atoms with Crippen LogP contribution >= 0.6 is 11.8 Å². The van der Waals surface area contributed by atoms with Gasteiger partial charge in [0.2, 0.25) is 5.91 Å². The van der Waals surface area contributed by atoms with Crippen molar-refractivity contribution < 1.29 is 4.79 Å². The largest absolute Gasteiger partial charge is 0.294 e. The van der Waals surface area contributed by atoms with Crippen LogP contribution < -0.4 is 11.3 Å². The Morgan fingerprint density at radius 2 is 2.33 bits per heavy atom. The fourth-order valence-corrected chi connectivity index (χ4v) is 2.41. The quantitative estimate of drug-likeness (QED) is 0.443. The highest BCUT2D eigenvalue weighted by Crippen LogP contribution is 2.31. The number of hydrogen-bond acceptors (Lipinski definition) is 4. The maximum Gasteiger partial charge on any atom is 0.236 e. The first kappa shape index (κ1) is 10.2. The zero-order valence-corrected chi connectivity index (χ0v) is 8.83. The third-order valence-corrected chi connectivity index (χ3v) is 3.27. The normalized spacial score (nSPS) is 18.3. The van der Waals surface area contributed by atoms with Crippen LogP contribution in [-0.2, 0) is 4.79 Å². The highest BCUT2D eigenvalue weighted by molar-refractivity contribution is 8.00. The number of carbonyl (C=O) groups is 1. The minimum atomic E-state index is -0.191. The lowest BCUT2D eigenvalue weighted by Crippen LogP contribution is -2.32. The standard InChI is InChI=1S/C10H11N3OS/c11-13-9(14)5-10-12-6-7-3-1-2-4-8(7)15-10/h1-4,6,10H,5,11H2,(H,13,14). The molecule has 1 amide bonds. The molecule has 0 bridgehead atoms. The van der Waals surface area contributed by atoms with Gasteiger partial charge in [0, 0.05) is 16.7 Å². The molecule has 0 saturated carbocycles. The molecule has 1 aromatic carbocycles. The molecule has 1 heterocycles. The molecular formula is C10H11N3OS. The topological polar surface area (TPSA) is 67.5 Å². The summed E-state index contributed by atoms with van der Waals surface area (Å²) in [7, 11) is 0. The summed E-state index contributed by atoms with van der Waals surface area (Å²) in [6.45, 7) is 0. The molecule has 1 aliphatic heterocycles. The summed E-state index contributed by atoms with van der Waals surface area (Å²) >= 11 is 1.59. The van der Waals surface area contributed by atoms with E-state index < -0.39 is 0 Å². The summed E-state index contributed by atoms with van der Waals surface area (Å²) in [4.78, 5) is 16.5. The van der Waals surface area contributed by atoms with E-state index in [1.165, 1.54) is 0 Å². The van der Waals surface area contributed by atoms with Crippen molar-refractivity contribution in [1.29, 1.82) is 0 Å². The lowest BCUT2D eigenvalue weighted by molar-refractivity contribution is -0.121. The van der Waals surface area contributed by atoms with Crippen LogP contribution in [-0.4, -0.2) is 17.5 Å². The zero-order valence-electron chi connectivity index (χ0n) is 8.01. The van der Waals surface area contributed by atoms with E-state index in [1.807, 2.05) is 24.3 Å². The monoisotopic (exact) mass is 221 g/mol. The number of rotatable bonds is 2. The van der Waals surface area contributed by atoms with Crippen LogP contribution in [0.15, 0.2) is 34.2 Å². The molecule has 0 saturated heterocycles. The zero-order chi connectivity index (χ0) is 10.7. The first-order chi connectivity index (χ1) is 7.29. The van der Waals surface area contributed by atoms with E-state index in [0.29, 0.717) is 6.42 Å². The first-order valence-corrected chi connectivity index (χ1v) is 5.46. The van der Waals surface area contributed by atoms with E-state index in [2.05, 4.69) is 10.4 Å². The summed E-state index contributed by atoms with van der Waals surface area (Å²) in [5.41, 5.74) is 3.21. The van der Waals surface area contributed by atoms with Gasteiger partial charge in [0.1, 0.15) is 5.37 Å². The average molecular weight is 221 g/mol. The van der Waals surface area contributed by atoms with Gasteiger partial charge in [-0.15, -0.1) is 0 Å². The molecule has 0 fully saturated rings. The molecule has 0 aliphatic carbocycles. The van der Waals surface area contributed by atoms with Crippen LogP contribution in [0.3, 0.4) is 0 Å². The fourth-order valence-electron chi connectivity index (χ4n) is 1.35. The minimum Gasteiger partial charge on any atom is -0.294 e. The van der Waals surface area contributed by atoms with Gasteiger partial charge >= 0.3 is 0 Å². The maximum absolute atomic E-state index is 11.1. The summed E-state index contributed by atoms with van der Waals surface area (Å²) in [5.74, 6) is 4.83. The van der Waals surface area contributed by atoms with E-state index in [1.54, 1.807) is 18.0 Å². The minimum absolute atomic E-state index is 0.0663. The van der Waals surface area contributed by atoms with Crippen LogP contribution in [0, 0.1) is 0 Å². The van der Waals surface area contributed by atoms with Crippen molar-refractivity contribution in [2.75, 3.05) is 0 Å². The van der Waals surface area contributed by atoms with Gasteiger partial charge in [-0.3, -0.25) is 15.2 Å². The number of hydrazine groups is 1. The molecular weight excluding hydrogens is 210 g/mol. The number of carbonyl (C=O) groups excluding carboxylic acids is 1. The lowest BCUT2D eigenvalue weighted by atomic mass is 10.2. The van der Waals surface area contributed by atoms with E-state index in [-0.39, 0.29) is 11.3 Å². The van der Waals surface area contributed by atoms with Crippen molar-refractivity contribution in [3.63, 3.8) is 0 Å². The SMILES string of the molecule is NNC(=O)CC1N=Cc2ccccc2S1. The van der Waals surface area contributed by atoms with Crippen molar-refractivity contribution in [3.8, 4) is 0 Å². The second kappa shape index (κ2) is 4.46. The van der Waals surface area contributed by atoms with Crippen molar-refractivity contribution >= 4 is 23.9 Å². The third-order valence-electron chi connectivity index (χ3n) is 2.08. The number of nitrogens with two attached hydrogens (primary N) is 1. The van der Waals surface area contributed by atoms with Gasteiger partial charge in [-0.05, 0) is 6.07 Å². The maximum atomic E-state index is 11.1. The molecule has 2 rings (SSSR count). The second-order valence-electron chi connectivity index (χ2n) is 3.16. The van der Waals surface area contributed by atoms with Crippen LogP contribution in [0.25, 0.3) is 0 Å². The Morgan fingerprint density at radius 1 is 1.53 bits per heavy atom. The predicted octanol–water partition coefficient (Wildman–Crippen LogP) is 0.917. The second-order valence-corrected chi connectivity index (χ2v) is 4.38. The van der Waals surface area contributed by atoms with Gasteiger partial charge < -0.3 is 0 Å². The van der Waals surface area contributed by atoms with Gasteiger partial charge in [-0.2, -0.15) is 0 Å². The first-order valence-electron chi connectivity index (χ1n) is 4.58. The lowest BCUT2D eigenvalue weighted by Gasteiger charge is -2.17. The third kappa shape index (κ3) is 2.37. The van der Waals surface area contributed by atoms with Gasteiger partial charge in [0.05, 0.1) is 6.42 Å². The van der Waals surface area contributed by atoms with Crippen molar-refractivity contribution in [2.24, 2.45) is 10.8 Å². The molecule has 15 heavy (non-hydrogen) atoms. The molecule has 5 heteroatoms. The van der Waals surface area contributed by atoms with E-state index >= 15 is 0 Å². The van der Waals surface area contributed by atoms with Gasteiger partial charge in [-0.25, -0.2) is 5.84 Å². The molecule has 0 spiro atoms. The Balaban J connectivity index is 2.09. The Bertz CT molecular complexity index is 405.